The van der Waals surface area contributed by atoms with Crippen molar-refractivity contribution >= 4 is 17.3 Å². The summed E-state index contributed by atoms with van der Waals surface area (Å²) in [5, 5.41) is 14.4. The van der Waals surface area contributed by atoms with Crippen LogP contribution in [-0.4, -0.2) is 18.0 Å². The van der Waals surface area contributed by atoms with Gasteiger partial charge < -0.3 is 5.32 Å². The van der Waals surface area contributed by atoms with Gasteiger partial charge in [-0.1, -0.05) is 17.7 Å². The van der Waals surface area contributed by atoms with Crippen LogP contribution in [0.3, 0.4) is 0 Å². The molecule has 0 unspecified atom stereocenters. The summed E-state index contributed by atoms with van der Waals surface area (Å²) >= 11 is 6.08. The highest BCUT2D eigenvalue weighted by molar-refractivity contribution is 6.31. The van der Waals surface area contributed by atoms with Gasteiger partial charge in [0.05, 0.1) is 9.95 Å². The summed E-state index contributed by atoms with van der Waals surface area (Å²) in [5.74, 6) is 0.426. The highest BCUT2D eigenvalue weighted by Crippen LogP contribution is 2.33. The lowest BCUT2D eigenvalue weighted by Crippen LogP contribution is -2.26. The maximum atomic E-state index is 10.6. The third-order valence-electron chi connectivity index (χ3n) is 2.97. The molecule has 1 aromatic rings. The Bertz CT molecular complexity index is 403. The standard InChI is InChI=1S/C11H13ClN2O2/c12-11-7-9(14(15)16)1-2-10(11)8-3-5-13-6-4-8/h1-2,7-8,13H,3-6H2. The highest BCUT2D eigenvalue weighted by atomic mass is 35.5. The third kappa shape index (κ3) is 2.33. The topological polar surface area (TPSA) is 55.2 Å². The summed E-state index contributed by atoms with van der Waals surface area (Å²) in [6, 6.07) is 4.76. The molecule has 0 saturated carbocycles. The molecule has 0 bridgehead atoms. The van der Waals surface area contributed by atoms with E-state index >= 15 is 0 Å². The summed E-state index contributed by atoms with van der Waals surface area (Å²) < 4.78 is 0. The quantitative estimate of drug-likeness (QED) is 0.639. The molecular formula is C11H13ClN2O2. The Labute approximate surface area is 98.8 Å². The van der Waals surface area contributed by atoms with Crippen LogP contribution in [0, 0.1) is 10.1 Å². The number of nitrogens with zero attached hydrogens (tertiary/aromatic N) is 1. The first kappa shape index (κ1) is 11.4. The fourth-order valence-electron chi connectivity index (χ4n) is 2.09. The normalized spacial score (nSPS) is 17.3. The molecule has 0 aliphatic carbocycles. The molecule has 1 saturated heterocycles. The van der Waals surface area contributed by atoms with Crippen molar-refractivity contribution in [2.24, 2.45) is 0 Å². The molecule has 4 nitrogen and oxygen atoms in total. The average molecular weight is 241 g/mol. The van der Waals surface area contributed by atoms with Crippen LogP contribution >= 0.6 is 11.6 Å². The van der Waals surface area contributed by atoms with Gasteiger partial charge in [-0.2, -0.15) is 0 Å². The van der Waals surface area contributed by atoms with Crippen LogP contribution in [0.5, 0.6) is 0 Å². The molecule has 1 aliphatic rings. The summed E-state index contributed by atoms with van der Waals surface area (Å²) in [5.41, 5.74) is 1.09. The number of hydrogen-bond donors (Lipinski definition) is 1. The number of nitro groups is 1. The van der Waals surface area contributed by atoms with Crippen molar-refractivity contribution in [3.05, 3.63) is 38.9 Å². The number of hydrogen-bond acceptors (Lipinski definition) is 3. The molecule has 86 valence electrons. The van der Waals surface area contributed by atoms with E-state index in [4.69, 9.17) is 11.6 Å². The van der Waals surface area contributed by atoms with Gasteiger partial charge >= 0.3 is 0 Å². The Morgan fingerprint density at radius 3 is 2.62 bits per heavy atom. The van der Waals surface area contributed by atoms with E-state index in [0.717, 1.165) is 31.5 Å². The molecule has 1 N–H and O–H groups in total. The number of nitrogens with one attached hydrogen (secondary N) is 1. The van der Waals surface area contributed by atoms with Gasteiger partial charge in [0.2, 0.25) is 0 Å². The lowest BCUT2D eigenvalue weighted by atomic mass is 9.90. The van der Waals surface area contributed by atoms with Gasteiger partial charge in [0.1, 0.15) is 0 Å². The molecule has 1 fully saturated rings. The summed E-state index contributed by atoms with van der Waals surface area (Å²) in [6.45, 7) is 1.97. The summed E-state index contributed by atoms with van der Waals surface area (Å²) in [4.78, 5) is 10.2. The minimum atomic E-state index is -0.419. The zero-order chi connectivity index (χ0) is 11.5. The maximum absolute atomic E-state index is 10.6. The summed E-state index contributed by atoms with van der Waals surface area (Å²) in [6.07, 6.45) is 2.08. The van der Waals surface area contributed by atoms with E-state index in [1.165, 1.54) is 12.1 Å². The average Bonchev–Trinajstić information content (AvgIpc) is 2.30. The van der Waals surface area contributed by atoms with E-state index in [-0.39, 0.29) is 5.69 Å². The molecule has 0 atom stereocenters. The van der Waals surface area contributed by atoms with Gasteiger partial charge in [-0.3, -0.25) is 10.1 Å². The minimum Gasteiger partial charge on any atom is -0.317 e. The van der Waals surface area contributed by atoms with Crippen molar-refractivity contribution in [3.8, 4) is 0 Å². The predicted octanol–water partition coefficient (Wildman–Crippen LogP) is 2.72. The first-order chi connectivity index (χ1) is 7.68. The van der Waals surface area contributed by atoms with Gasteiger partial charge in [-0.15, -0.1) is 0 Å². The second kappa shape index (κ2) is 4.80. The molecule has 1 heterocycles. The van der Waals surface area contributed by atoms with Crippen LogP contribution in [0.15, 0.2) is 18.2 Å². The van der Waals surface area contributed by atoms with E-state index in [2.05, 4.69) is 5.32 Å². The number of nitro benzene ring substituents is 1. The fraction of sp³-hybridized carbons (Fsp3) is 0.455. The van der Waals surface area contributed by atoms with E-state index in [1.54, 1.807) is 6.07 Å². The van der Waals surface area contributed by atoms with E-state index in [9.17, 15) is 10.1 Å². The summed E-state index contributed by atoms with van der Waals surface area (Å²) in [7, 11) is 0. The van der Waals surface area contributed by atoms with Gasteiger partial charge in [-0.05, 0) is 37.4 Å². The zero-order valence-corrected chi connectivity index (χ0v) is 9.54. The molecule has 2 rings (SSSR count). The van der Waals surface area contributed by atoms with Crippen molar-refractivity contribution in [2.45, 2.75) is 18.8 Å². The Morgan fingerprint density at radius 1 is 1.38 bits per heavy atom. The van der Waals surface area contributed by atoms with Crippen molar-refractivity contribution in [2.75, 3.05) is 13.1 Å². The lowest BCUT2D eigenvalue weighted by molar-refractivity contribution is -0.384. The largest absolute Gasteiger partial charge is 0.317 e. The second-order valence-corrected chi connectivity index (χ2v) is 4.39. The molecular weight excluding hydrogens is 228 g/mol. The number of rotatable bonds is 2. The van der Waals surface area contributed by atoms with Gasteiger partial charge in [-0.25, -0.2) is 0 Å². The molecule has 0 spiro atoms. The maximum Gasteiger partial charge on any atom is 0.270 e. The van der Waals surface area contributed by atoms with Crippen LogP contribution in [0.25, 0.3) is 0 Å². The van der Waals surface area contributed by atoms with Crippen LogP contribution in [-0.2, 0) is 0 Å². The van der Waals surface area contributed by atoms with Crippen LogP contribution < -0.4 is 5.32 Å². The highest BCUT2D eigenvalue weighted by Gasteiger charge is 2.19. The fourth-order valence-corrected chi connectivity index (χ4v) is 2.42. The van der Waals surface area contributed by atoms with Gasteiger partial charge in [0.25, 0.3) is 5.69 Å². The van der Waals surface area contributed by atoms with E-state index in [1.807, 2.05) is 0 Å². The number of benzene rings is 1. The van der Waals surface area contributed by atoms with Crippen molar-refractivity contribution in [1.82, 2.24) is 5.32 Å². The monoisotopic (exact) mass is 240 g/mol. The third-order valence-corrected chi connectivity index (χ3v) is 3.30. The molecule has 16 heavy (non-hydrogen) atoms. The molecule has 5 heteroatoms. The molecule has 0 radical (unpaired) electrons. The predicted molar refractivity (Wildman–Crippen MR) is 63.0 cm³/mol. The first-order valence-electron chi connectivity index (χ1n) is 5.33. The SMILES string of the molecule is O=[N+]([O-])c1ccc(C2CCNCC2)c(Cl)c1. The Hall–Kier alpha value is -1.13. The molecule has 1 aromatic carbocycles. The Kier molecular flexibility index (Phi) is 3.41. The molecule has 0 aromatic heterocycles. The van der Waals surface area contributed by atoms with Crippen LogP contribution in [0.2, 0.25) is 5.02 Å². The van der Waals surface area contributed by atoms with Crippen LogP contribution in [0.1, 0.15) is 24.3 Å². The second-order valence-electron chi connectivity index (χ2n) is 3.99. The first-order valence-corrected chi connectivity index (χ1v) is 5.71. The number of piperidine rings is 1. The number of non-ortho nitro benzene ring substituents is 1. The van der Waals surface area contributed by atoms with E-state index in [0.29, 0.717) is 10.9 Å². The molecule has 1 aliphatic heterocycles. The van der Waals surface area contributed by atoms with Crippen molar-refractivity contribution < 1.29 is 4.92 Å². The Balaban J connectivity index is 2.24. The van der Waals surface area contributed by atoms with Gasteiger partial charge in [0.15, 0.2) is 0 Å². The van der Waals surface area contributed by atoms with E-state index < -0.39 is 4.92 Å². The Morgan fingerprint density at radius 2 is 2.06 bits per heavy atom. The van der Waals surface area contributed by atoms with Crippen LogP contribution in [0.4, 0.5) is 5.69 Å². The zero-order valence-electron chi connectivity index (χ0n) is 8.78. The van der Waals surface area contributed by atoms with Crippen molar-refractivity contribution in [3.63, 3.8) is 0 Å². The molecule has 0 amide bonds. The smallest absolute Gasteiger partial charge is 0.270 e. The van der Waals surface area contributed by atoms with Crippen molar-refractivity contribution in [1.29, 1.82) is 0 Å². The lowest BCUT2D eigenvalue weighted by Gasteiger charge is -2.23. The van der Waals surface area contributed by atoms with Gasteiger partial charge in [0, 0.05) is 12.1 Å². The number of halogens is 1. The minimum absolute atomic E-state index is 0.0580.